The number of nitro groups is 1. The van der Waals surface area contributed by atoms with Gasteiger partial charge in [0.25, 0.3) is 0 Å². The van der Waals surface area contributed by atoms with Gasteiger partial charge in [0.2, 0.25) is 0 Å². The first-order valence-electron chi connectivity index (χ1n) is 6.34. The third-order valence-corrected chi connectivity index (χ3v) is 2.87. The molecular formula is C14H18N2O3. The lowest BCUT2D eigenvalue weighted by atomic mass is 10.2. The second kappa shape index (κ2) is 5.84. The maximum Gasteiger partial charge on any atom is 0.310 e. The molecule has 0 heterocycles. The van der Waals surface area contributed by atoms with Gasteiger partial charge in [-0.1, -0.05) is 12.6 Å². The third kappa shape index (κ3) is 4.06. The van der Waals surface area contributed by atoms with Crippen molar-refractivity contribution in [3.63, 3.8) is 0 Å². The Bertz CT molecular complexity index is 495. The van der Waals surface area contributed by atoms with E-state index in [0.29, 0.717) is 24.9 Å². The molecule has 0 saturated heterocycles. The molecule has 102 valence electrons. The molecule has 0 aromatic heterocycles. The average molecular weight is 262 g/mol. The highest BCUT2D eigenvalue weighted by molar-refractivity contribution is 5.48. The SMILES string of the molecule is C=C(C)COc1cc(CNC2CC2)ccc1[N+](=O)[O-]. The van der Waals surface area contributed by atoms with Crippen LogP contribution in [-0.4, -0.2) is 17.6 Å². The van der Waals surface area contributed by atoms with E-state index in [0.717, 1.165) is 11.1 Å². The highest BCUT2D eigenvalue weighted by Gasteiger charge is 2.21. The largest absolute Gasteiger partial charge is 0.482 e. The Balaban J connectivity index is 2.10. The van der Waals surface area contributed by atoms with Crippen LogP contribution in [-0.2, 0) is 6.54 Å². The van der Waals surface area contributed by atoms with Gasteiger partial charge >= 0.3 is 5.69 Å². The van der Waals surface area contributed by atoms with Crippen molar-refractivity contribution in [1.82, 2.24) is 5.32 Å². The van der Waals surface area contributed by atoms with Gasteiger partial charge in [0.1, 0.15) is 6.61 Å². The van der Waals surface area contributed by atoms with Gasteiger partial charge in [0.05, 0.1) is 4.92 Å². The maximum absolute atomic E-state index is 10.9. The Labute approximate surface area is 112 Å². The molecule has 19 heavy (non-hydrogen) atoms. The number of nitrogens with zero attached hydrogens (tertiary/aromatic N) is 1. The van der Waals surface area contributed by atoms with E-state index in [1.807, 2.05) is 6.92 Å². The van der Waals surface area contributed by atoms with Crippen LogP contribution in [0.2, 0.25) is 0 Å². The lowest BCUT2D eigenvalue weighted by molar-refractivity contribution is -0.385. The Kier molecular flexibility index (Phi) is 4.16. The highest BCUT2D eigenvalue weighted by atomic mass is 16.6. The second-order valence-electron chi connectivity index (χ2n) is 4.96. The molecule has 0 radical (unpaired) electrons. The summed E-state index contributed by atoms with van der Waals surface area (Å²) in [4.78, 5) is 10.5. The van der Waals surface area contributed by atoms with Crippen LogP contribution in [0.4, 0.5) is 5.69 Å². The Morgan fingerprint density at radius 3 is 2.89 bits per heavy atom. The number of hydrogen-bond acceptors (Lipinski definition) is 4. The van der Waals surface area contributed by atoms with Crippen LogP contribution in [0, 0.1) is 10.1 Å². The van der Waals surface area contributed by atoms with Crippen molar-refractivity contribution in [2.75, 3.05) is 6.61 Å². The van der Waals surface area contributed by atoms with E-state index in [1.165, 1.54) is 18.9 Å². The Morgan fingerprint density at radius 1 is 1.58 bits per heavy atom. The summed E-state index contributed by atoms with van der Waals surface area (Å²) in [7, 11) is 0. The molecule has 0 amide bonds. The number of hydrogen-bond donors (Lipinski definition) is 1. The zero-order valence-electron chi connectivity index (χ0n) is 11.0. The zero-order chi connectivity index (χ0) is 13.8. The minimum Gasteiger partial charge on any atom is -0.482 e. The summed E-state index contributed by atoms with van der Waals surface area (Å²) in [6.07, 6.45) is 2.43. The normalized spacial score (nSPS) is 14.2. The summed E-state index contributed by atoms with van der Waals surface area (Å²) < 4.78 is 5.45. The molecule has 0 spiro atoms. The van der Waals surface area contributed by atoms with E-state index in [2.05, 4.69) is 11.9 Å². The van der Waals surface area contributed by atoms with Gasteiger partial charge in [-0.2, -0.15) is 0 Å². The van der Waals surface area contributed by atoms with Crippen molar-refractivity contribution in [2.45, 2.75) is 32.4 Å². The van der Waals surface area contributed by atoms with Gasteiger partial charge in [0, 0.05) is 18.7 Å². The molecule has 0 bridgehead atoms. The fraction of sp³-hybridized carbons (Fsp3) is 0.429. The number of nitro benzene ring substituents is 1. The quantitative estimate of drug-likeness (QED) is 0.466. The summed E-state index contributed by atoms with van der Waals surface area (Å²) in [6.45, 7) is 6.56. The molecule has 1 N–H and O–H groups in total. The van der Waals surface area contributed by atoms with Gasteiger partial charge in [0.15, 0.2) is 5.75 Å². The smallest absolute Gasteiger partial charge is 0.310 e. The molecule has 1 aliphatic carbocycles. The summed E-state index contributed by atoms with van der Waals surface area (Å²) in [5.41, 5.74) is 1.82. The highest BCUT2D eigenvalue weighted by Crippen LogP contribution is 2.29. The fourth-order valence-corrected chi connectivity index (χ4v) is 1.69. The van der Waals surface area contributed by atoms with Gasteiger partial charge in [-0.3, -0.25) is 10.1 Å². The molecule has 1 fully saturated rings. The Morgan fingerprint density at radius 2 is 2.32 bits per heavy atom. The molecule has 5 heteroatoms. The minimum atomic E-state index is -0.425. The van der Waals surface area contributed by atoms with Gasteiger partial charge in [-0.05, 0) is 37.0 Å². The van der Waals surface area contributed by atoms with Crippen molar-refractivity contribution in [3.05, 3.63) is 46.0 Å². The standard InChI is InChI=1S/C14H18N2O3/c1-10(2)9-19-14-7-11(8-15-12-4-5-12)3-6-13(14)16(17)18/h3,6-7,12,15H,1,4-5,8-9H2,2H3. The lowest BCUT2D eigenvalue weighted by Crippen LogP contribution is -2.15. The van der Waals surface area contributed by atoms with Gasteiger partial charge in [-0.25, -0.2) is 0 Å². The molecular weight excluding hydrogens is 244 g/mol. The molecule has 0 unspecified atom stereocenters. The van der Waals surface area contributed by atoms with E-state index in [9.17, 15) is 10.1 Å². The fourth-order valence-electron chi connectivity index (χ4n) is 1.69. The van der Waals surface area contributed by atoms with E-state index in [-0.39, 0.29) is 5.69 Å². The molecule has 0 aliphatic heterocycles. The van der Waals surface area contributed by atoms with Crippen LogP contribution in [0.25, 0.3) is 0 Å². The predicted molar refractivity (Wildman–Crippen MR) is 73.3 cm³/mol. The van der Waals surface area contributed by atoms with Crippen molar-refractivity contribution in [2.24, 2.45) is 0 Å². The van der Waals surface area contributed by atoms with Crippen LogP contribution in [0.1, 0.15) is 25.3 Å². The number of benzene rings is 1. The third-order valence-electron chi connectivity index (χ3n) is 2.87. The number of nitrogens with one attached hydrogen (secondary N) is 1. The number of ether oxygens (including phenoxy) is 1. The van der Waals surface area contributed by atoms with Crippen molar-refractivity contribution >= 4 is 5.69 Å². The van der Waals surface area contributed by atoms with E-state index in [1.54, 1.807) is 12.1 Å². The molecule has 1 aromatic carbocycles. The monoisotopic (exact) mass is 262 g/mol. The minimum absolute atomic E-state index is 0.00331. The topological polar surface area (TPSA) is 64.4 Å². The molecule has 5 nitrogen and oxygen atoms in total. The van der Waals surface area contributed by atoms with Crippen molar-refractivity contribution in [3.8, 4) is 5.75 Å². The van der Waals surface area contributed by atoms with Crippen LogP contribution < -0.4 is 10.1 Å². The average Bonchev–Trinajstić information content (AvgIpc) is 3.17. The first kappa shape index (κ1) is 13.5. The van der Waals surface area contributed by atoms with E-state index >= 15 is 0 Å². The Hall–Kier alpha value is -1.88. The molecule has 0 atom stereocenters. The lowest BCUT2D eigenvalue weighted by Gasteiger charge is -2.09. The first-order valence-corrected chi connectivity index (χ1v) is 6.34. The van der Waals surface area contributed by atoms with Crippen LogP contribution in [0.5, 0.6) is 5.75 Å². The molecule has 1 aromatic rings. The van der Waals surface area contributed by atoms with Crippen molar-refractivity contribution < 1.29 is 9.66 Å². The first-order chi connectivity index (χ1) is 9.06. The maximum atomic E-state index is 10.9. The second-order valence-corrected chi connectivity index (χ2v) is 4.96. The van der Waals surface area contributed by atoms with Crippen LogP contribution in [0.15, 0.2) is 30.4 Å². The summed E-state index contributed by atoms with van der Waals surface area (Å²) in [5, 5.41) is 14.3. The summed E-state index contributed by atoms with van der Waals surface area (Å²) in [6, 6.07) is 5.60. The van der Waals surface area contributed by atoms with Crippen LogP contribution in [0.3, 0.4) is 0 Å². The molecule has 1 aliphatic rings. The summed E-state index contributed by atoms with van der Waals surface area (Å²) >= 11 is 0. The molecule has 2 rings (SSSR count). The number of rotatable bonds is 7. The van der Waals surface area contributed by atoms with Crippen molar-refractivity contribution in [1.29, 1.82) is 0 Å². The predicted octanol–water partition coefficient (Wildman–Crippen LogP) is 2.80. The van der Waals surface area contributed by atoms with Crippen LogP contribution >= 0.6 is 0 Å². The molecule has 1 saturated carbocycles. The van der Waals surface area contributed by atoms with Gasteiger partial charge in [-0.15, -0.1) is 0 Å². The van der Waals surface area contributed by atoms with Gasteiger partial charge < -0.3 is 10.1 Å². The summed E-state index contributed by atoms with van der Waals surface area (Å²) in [5.74, 6) is 0.308. The zero-order valence-corrected chi connectivity index (χ0v) is 11.0. The van der Waals surface area contributed by atoms with E-state index in [4.69, 9.17) is 4.74 Å². The van der Waals surface area contributed by atoms with E-state index < -0.39 is 4.92 Å².